The Labute approximate surface area is 98.4 Å². The van der Waals surface area contributed by atoms with E-state index in [1.165, 1.54) is 0 Å². The van der Waals surface area contributed by atoms with Gasteiger partial charge in [-0.1, -0.05) is 0 Å². The molecule has 1 rings (SSSR count). The Balaban J connectivity index is 2.91. The summed E-state index contributed by atoms with van der Waals surface area (Å²) in [6.45, 7) is 2.66. The summed E-state index contributed by atoms with van der Waals surface area (Å²) in [5.74, 6) is 2.59. The van der Waals surface area contributed by atoms with Crippen LogP contribution in [0.5, 0.6) is 5.88 Å². The van der Waals surface area contributed by atoms with Crippen LogP contribution in [0.3, 0.4) is 0 Å². The fourth-order valence-electron chi connectivity index (χ4n) is 1.04. The number of rotatable bonds is 6. The molecule has 1 aromatic heterocycles. The van der Waals surface area contributed by atoms with Gasteiger partial charge in [0.1, 0.15) is 12.8 Å². The Morgan fingerprint density at radius 2 is 2.47 bits per heavy atom. The van der Waals surface area contributed by atoms with Gasteiger partial charge in [-0.3, -0.25) is 10.1 Å². The van der Waals surface area contributed by atoms with Gasteiger partial charge in [0.25, 0.3) is 5.88 Å². The molecule has 0 spiro atoms. The van der Waals surface area contributed by atoms with E-state index in [2.05, 4.69) is 21.2 Å². The largest absolute Gasteiger partial charge is 0.472 e. The third kappa shape index (κ3) is 3.61. The van der Waals surface area contributed by atoms with E-state index in [-0.39, 0.29) is 24.1 Å². The van der Waals surface area contributed by atoms with Crippen molar-refractivity contribution >= 4 is 11.6 Å². The van der Waals surface area contributed by atoms with E-state index in [0.717, 1.165) is 6.20 Å². The molecule has 0 fully saturated rings. The number of nitro groups is 1. The van der Waals surface area contributed by atoms with Crippen LogP contribution in [0.25, 0.3) is 0 Å². The molecule has 7 heteroatoms. The van der Waals surface area contributed by atoms with Crippen LogP contribution in [0.15, 0.2) is 6.20 Å². The van der Waals surface area contributed by atoms with E-state index < -0.39 is 4.92 Å². The predicted molar refractivity (Wildman–Crippen MR) is 61.8 cm³/mol. The van der Waals surface area contributed by atoms with Gasteiger partial charge in [-0.15, -0.1) is 12.3 Å². The number of hydrogen-bond donors (Lipinski definition) is 1. The SMILES string of the molecule is C#CCCOc1nc(NCC)ncc1[N+](=O)[O-]. The number of hydrogen-bond acceptors (Lipinski definition) is 6. The van der Waals surface area contributed by atoms with Gasteiger partial charge in [0.05, 0.1) is 4.92 Å². The molecule has 0 bridgehead atoms. The summed E-state index contributed by atoms with van der Waals surface area (Å²) in [5.41, 5.74) is -0.274. The lowest BCUT2D eigenvalue weighted by Crippen LogP contribution is -2.07. The molecule has 0 aliphatic heterocycles. The van der Waals surface area contributed by atoms with E-state index in [4.69, 9.17) is 11.2 Å². The van der Waals surface area contributed by atoms with Gasteiger partial charge in [0.2, 0.25) is 5.95 Å². The van der Waals surface area contributed by atoms with Crippen LogP contribution in [0.1, 0.15) is 13.3 Å². The molecule has 0 saturated carbocycles. The van der Waals surface area contributed by atoms with Crippen molar-refractivity contribution in [3.05, 3.63) is 16.3 Å². The van der Waals surface area contributed by atoms with Crippen molar-refractivity contribution in [2.45, 2.75) is 13.3 Å². The number of ether oxygens (including phenoxy) is 1. The van der Waals surface area contributed by atoms with E-state index in [9.17, 15) is 10.1 Å². The summed E-state index contributed by atoms with van der Waals surface area (Å²) in [7, 11) is 0. The average molecular weight is 236 g/mol. The maximum Gasteiger partial charge on any atom is 0.349 e. The van der Waals surface area contributed by atoms with Crippen LogP contribution in [0, 0.1) is 22.5 Å². The van der Waals surface area contributed by atoms with Gasteiger partial charge in [-0.2, -0.15) is 4.98 Å². The normalized spacial score (nSPS) is 9.41. The molecule has 0 saturated heterocycles. The van der Waals surface area contributed by atoms with Crippen LogP contribution in [-0.2, 0) is 0 Å². The molecule has 0 aliphatic carbocycles. The molecule has 0 atom stereocenters. The molecule has 1 N–H and O–H groups in total. The van der Waals surface area contributed by atoms with Crippen molar-refractivity contribution in [2.24, 2.45) is 0 Å². The number of anilines is 1. The molecule has 7 nitrogen and oxygen atoms in total. The molecular weight excluding hydrogens is 224 g/mol. The van der Waals surface area contributed by atoms with E-state index in [0.29, 0.717) is 13.0 Å². The summed E-state index contributed by atoms with van der Waals surface area (Å²) in [6.07, 6.45) is 6.53. The molecule has 0 radical (unpaired) electrons. The zero-order valence-electron chi connectivity index (χ0n) is 9.34. The molecule has 0 amide bonds. The number of nitrogens with one attached hydrogen (secondary N) is 1. The zero-order valence-corrected chi connectivity index (χ0v) is 9.34. The average Bonchev–Trinajstić information content (AvgIpc) is 2.30. The molecule has 1 aromatic rings. The lowest BCUT2D eigenvalue weighted by Gasteiger charge is -2.06. The van der Waals surface area contributed by atoms with Crippen LogP contribution < -0.4 is 10.1 Å². The van der Waals surface area contributed by atoms with Crippen LogP contribution >= 0.6 is 0 Å². The highest BCUT2D eigenvalue weighted by Gasteiger charge is 2.18. The molecule has 0 aliphatic rings. The van der Waals surface area contributed by atoms with Gasteiger partial charge in [-0.05, 0) is 6.92 Å². The topological polar surface area (TPSA) is 90.2 Å². The summed E-state index contributed by atoms with van der Waals surface area (Å²) >= 11 is 0. The number of terminal acetylenes is 1. The van der Waals surface area contributed by atoms with Gasteiger partial charge in [-0.25, -0.2) is 4.98 Å². The second-order valence-electron chi connectivity index (χ2n) is 2.97. The Kier molecular flexibility index (Phi) is 4.69. The van der Waals surface area contributed by atoms with Crippen molar-refractivity contribution in [1.29, 1.82) is 0 Å². The van der Waals surface area contributed by atoms with Crippen molar-refractivity contribution in [3.63, 3.8) is 0 Å². The molecule has 90 valence electrons. The number of aromatic nitrogens is 2. The highest BCUT2D eigenvalue weighted by atomic mass is 16.6. The molecule has 17 heavy (non-hydrogen) atoms. The van der Waals surface area contributed by atoms with Crippen molar-refractivity contribution in [2.75, 3.05) is 18.5 Å². The van der Waals surface area contributed by atoms with Crippen LogP contribution in [0.2, 0.25) is 0 Å². The monoisotopic (exact) mass is 236 g/mol. The Morgan fingerprint density at radius 1 is 1.71 bits per heavy atom. The predicted octanol–water partition coefficient (Wildman–Crippen LogP) is 1.22. The summed E-state index contributed by atoms with van der Waals surface area (Å²) in [4.78, 5) is 17.8. The first-order valence-corrected chi connectivity index (χ1v) is 5.00. The second-order valence-corrected chi connectivity index (χ2v) is 2.97. The smallest absolute Gasteiger partial charge is 0.349 e. The van der Waals surface area contributed by atoms with Gasteiger partial charge < -0.3 is 10.1 Å². The van der Waals surface area contributed by atoms with Gasteiger partial charge >= 0.3 is 5.69 Å². The summed E-state index contributed by atoms with van der Waals surface area (Å²) in [6, 6.07) is 0. The van der Waals surface area contributed by atoms with Gasteiger partial charge in [0.15, 0.2) is 0 Å². The lowest BCUT2D eigenvalue weighted by molar-refractivity contribution is -0.386. The van der Waals surface area contributed by atoms with Crippen LogP contribution in [0.4, 0.5) is 11.6 Å². The van der Waals surface area contributed by atoms with Crippen LogP contribution in [-0.4, -0.2) is 28.0 Å². The minimum absolute atomic E-state index is 0.0730. The molecule has 0 unspecified atom stereocenters. The van der Waals surface area contributed by atoms with Gasteiger partial charge in [0, 0.05) is 13.0 Å². The molecular formula is C10H12N4O3. The fourth-order valence-corrected chi connectivity index (χ4v) is 1.04. The van der Waals surface area contributed by atoms with E-state index >= 15 is 0 Å². The Morgan fingerprint density at radius 3 is 3.06 bits per heavy atom. The highest BCUT2D eigenvalue weighted by Crippen LogP contribution is 2.24. The van der Waals surface area contributed by atoms with E-state index in [1.807, 2.05) is 6.92 Å². The highest BCUT2D eigenvalue weighted by molar-refractivity contribution is 5.43. The number of nitrogens with zero attached hydrogens (tertiary/aromatic N) is 3. The first-order valence-electron chi connectivity index (χ1n) is 5.00. The molecule has 1 heterocycles. The van der Waals surface area contributed by atoms with Crippen molar-refractivity contribution in [1.82, 2.24) is 9.97 Å². The lowest BCUT2D eigenvalue weighted by atomic mass is 10.5. The van der Waals surface area contributed by atoms with Crippen molar-refractivity contribution in [3.8, 4) is 18.2 Å². The first kappa shape index (κ1) is 12.7. The Hall–Kier alpha value is -2.36. The molecule has 0 aromatic carbocycles. The first-order chi connectivity index (χ1) is 8.19. The summed E-state index contributed by atoms with van der Waals surface area (Å²) < 4.78 is 5.15. The van der Waals surface area contributed by atoms with Crippen molar-refractivity contribution < 1.29 is 9.66 Å². The fraction of sp³-hybridized carbons (Fsp3) is 0.400. The third-order valence-corrected chi connectivity index (χ3v) is 1.75. The quantitative estimate of drug-likeness (QED) is 0.345. The maximum atomic E-state index is 10.7. The minimum atomic E-state index is -0.596. The maximum absolute atomic E-state index is 10.7. The Bertz CT molecular complexity index is 442. The van der Waals surface area contributed by atoms with E-state index in [1.54, 1.807) is 0 Å². The standard InChI is InChI=1S/C10H12N4O3/c1-3-5-6-17-9-8(14(15)16)7-12-10(13-9)11-4-2/h1,7H,4-6H2,2H3,(H,11,12,13). The second kappa shape index (κ2) is 6.27. The minimum Gasteiger partial charge on any atom is -0.472 e. The summed E-state index contributed by atoms with van der Waals surface area (Å²) in [5, 5.41) is 13.5. The zero-order chi connectivity index (χ0) is 12.7. The third-order valence-electron chi connectivity index (χ3n) is 1.75.